The van der Waals surface area contributed by atoms with Gasteiger partial charge in [0.25, 0.3) is 6.43 Å². The highest BCUT2D eigenvalue weighted by atomic mass is 19.3. The molecule has 1 aromatic heterocycles. The predicted octanol–water partition coefficient (Wildman–Crippen LogP) is 2.00. The minimum Gasteiger partial charge on any atom is -0.384 e. The number of rotatable bonds is 2. The molecule has 0 aromatic carbocycles. The van der Waals surface area contributed by atoms with Crippen LogP contribution in [-0.2, 0) is 5.60 Å². The molecule has 0 amide bonds. The summed E-state index contributed by atoms with van der Waals surface area (Å²) in [6.45, 7) is 0. The topological polar surface area (TPSA) is 33.1 Å². The van der Waals surface area contributed by atoms with Crippen LogP contribution in [-0.4, -0.2) is 10.1 Å². The van der Waals surface area contributed by atoms with Crippen LogP contribution >= 0.6 is 0 Å². The summed E-state index contributed by atoms with van der Waals surface area (Å²) in [6, 6.07) is 4.35. The maximum atomic E-state index is 12.2. The lowest BCUT2D eigenvalue weighted by Gasteiger charge is -2.07. The Morgan fingerprint density at radius 1 is 1.38 bits per heavy atom. The highest BCUT2D eigenvalue weighted by Gasteiger charge is 2.43. The van der Waals surface area contributed by atoms with Crippen LogP contribution in [0.2, 0.25) is 0 Å². The summed E-state index contributed by atoms with van der Waals surface area (Å²) in [4.78, 5) is 3.71. The lowest BCUT2D eigenvalue weighted by Crippen LogP contribution is -2.08. The molecule has 1 aliphatic rings. The molecule has 1 fully saturated rings. The lowest BCUT2D eigenvalue weighted by atomic mass is 10.2. The van der Waals surface area contributed by atoms with Crippen LogP contribution < -0.4 is 0 Å². The van der Waals surface area contributed by atoms with E-state index >= 15 is 0 Å². The van der Waals surface area contributed by atoms with E-state index in [0.29, 0.717) is 18.5 Å². The van der Waals surface area contributed by atoms with Gasteiger partial charge in [-0.15, -0.1) is 0 Å². The van der Waals surface area contributed by atoms with Crippen LogP contribution in [0.5, 0.6) is 0 Å². The molecule has 1 aliphatic carbocycles. The monoisotopic (exact) mass is 185 g/mol. The fourth-order valence-electron chi connectivity index (χ4n) is 1.21. The van der Waals surface area contributed by atoms with Crippen molar-refractivity contribution >= 4 is 0 Å². The molecular weight excluding hydrogens is 176 g/mol. The Bertz CT molecular complexity index is 323. The van der Waals surface area contributed by atoms with Crippen molar-refractivity contribution in [2.75, 3.05) is 0 Å². The molecule has 0 spiro atoms. The fraction of sp³-hybridized carbons (Fsp3) is 0.444. The molecular formula is C9H9F2NO. The van der Waals surface area contributed by atoms with Crippen LogP contribution in [0.15, 0.2) is 18.2 Å². The fourth-order valence-corrected chi connectivity index (χ4v) is 1.21. The van der Waals surface area contributed by atoms with Gasteiger partial charge in [0.1, 0.15) is 11.3 Å². The van der Waals surface area contributed by atoms with Crippen molar-refractivity contribution in [2.45, 2.75) is 24.9 Å². The summed E-state index contributed by atoms with van der Waals surface area (Å²) in [5.41, 5.74) is -0.826. The maximum absolute atomic E-state index is 12.2. The quantitative estimate of drug-likeness (QED) is 0.764. The Hall–Kier alpha value is -1.03. The van der Waals surface area contributed by atoms with Crippen molar-refractivity contribution in [2.24, 2.45) is 0 Å². The van der Waals surface area contributed by atoms with Gasteiger partial charge in [-0.2, -0.15) is 0 Å². The highest BCUT2D eigenvalue weighted by molar-refractivity contribution is 5.22. The van der Waals surface area contributed by atoms with Crippen LogP contribution in [0.25, 0.3) is 0 Å². The second-order valence-corrected chi connectivity index (χ2v) is 3.28. The largest absolute Gasteiger partial charge is 0.384 e. The second-order valence-electron chi connectivity index (χ2n) is 3.28. The molecule has 1 heterocycles. The van der Waals surface area contributed by atoms with Gasteiger partial charge in [0, 0.05) is 0 Å². The van der Waals surface area contributed by atoms with E-state index in [9.17, 15) is 13.9 Å². The zero-order valence-corrected chi connectivity index (χ0v) is 6.87. The summed E-state index contributed by atoms with van der Waals surface area (Å²) < 4.78 is 24.4. The second kappa shape index (κ2) is 2.73. The van der Waals surface area contributed by atoms with Crippen molar-refractivity contribution < 1.29 is 13.9 Å². The van der Waals surface area contributed by atoms with Gasteiger partial charge < -0.3 is 5.11 Å². The molecule has 1 aromatic rings. The average molecular weight is 185 g/mol. The van der Waals surface area contributed by atoms with E-state index in [-0.39, 0.29) is 5.69 Å². The van der Waals surface area contributed by atoms with Gasteiger partial charge in [-0.3, -0.25) is 0 Å². The Balaban J connectivity index is 2.33. The van der Waals surface area contributed by atoms with Crippen molar-refractivity contribution in [3.63, 3.8) is 0 Å². The normalized spacial score (nSPS) is 19.1. The van der Waals surface area contributed by atoms with Crippen molar-refractivity contribution in [3.8, 4) is 0 Å². The van der Waals surface area contributed by atoms with Crippen molar-refractivity contribution in [1.29, 1.82) is 0 Å². The average Bonchev–Trinajstić information content (AvgIpc) is 2.85. The molecule has 2 rings (SSSR count). The molecule has 2 nitrogen and oxygen atoms in total. The first kappa shape index (κ1) is 8.56. The van der Waals surface area contributed by atoms with Gasteiger partial charge in [0.2, 0.25) is 0 Å². The zero-order valence-electron chi connectivity index (χ0n) is 6.87. The van der Waals surface area contributed by atoms with Gasteiger partial charge >= 0.3 is 0 Å². The number of nitrogens with zero attached hydrogens (tertiary/aromatic N) is 1. The van der Waals surface area contributed by atoms with Gasteiger partial charge in [0.05, 0.1) is 5.69 Å². The number of hydrogen-bond donors (Lipinski definition) is 1. The molecule has 70 valence electrons. The van der Waals surface area contributed by atoms with Crippen molar-refractivity contribution in [1.82, 2.24) is 4.98 Å². The van der Waals surface area contributed by atoms with Crippen LogP contribution in [0.4, 0.5) is 8.78 Å². The van der Waals surface area contributed by atoms with Crippen LogP contribution in [0.3, 0.4) is 0 Å². The molecule has 1 N–H and O–H groups in total. The van der Waals surface area contributed by atoms with E-state index in [4.69, 9.17) is 0 Å². The number of aliphatic hydroxyl groups is 1. The minimum atomic E-state index is -2.57. The number of pyridine rings is 1. The molecule has 0 aliphatic heterocycles. The summed E-state index contributed by atoms with van der Waals surface area (Å²) >= 11 is 0. The number of aromatic nitrogens is 1. The standard InChI is InChI=1S/C9H9F2NO/c10-8(11)6-2-1-3-7(12-6)9(13)4-5-9/h1-3,8,13H,4-5H2. The first-order valence-corrected chi connectivity index (χ1v) is 4.10. The van der Waals surface area contributed by atoms with Crippen LogP contribution in [0, 0.1) is 0 Å². The lowest BCUT2D eigenvalue weighted by molar-refractivity contribution is 0.134. The number of hydrogen-bond acceptors (Lipinski definition) is 2. The van der Waals surface area contributed by atoms with Crippen molar-refractivity contribution in [3.05, 3.63) is 29.6 Å². The highest BCUT2D eigenvalue weighted by Crippen LogP contribution is 2.44. The summed E-state index contributed by atoms with van der Waals surface area (Å²) in [6.07, 6.45) is -1.33. The Morgan fingerprint density at radius 2 is 2.08 bits per heavy atom. The van der Waals surface area contributed by atoms with E-state index in [0.717, 1.165) is 0 Å². The summed E-state index contributed by atoms with van der Waals surface area (Å²) in [7, 11) is 0. The SMILES string of the molecule is OC1(c2cccc(C(F)F)n2)CC1. The van der Waals surface area contributed by atoms with Gasteiger partial charge in [0.15, 0.2) is 0 Å². The predicted molar refractivity (Wildman–Crippen MR) is 42.3 cm³/mol. The molecule has 4 heteroatoms. The van der Waals surface area contributed by atoms with E-state index < -0.39 is 12.0 Å². The molecule has 13 heavy (non-hydrogen) atoms. The molecule has 0 unspecified atom stereocenters. The first-order valence-electron chi connectivity index (χ1n) is 4.10. The number of halogens is 2. The Labute approximate surface area is 74.2 Å². The smallest absolute Gasteiger partial charge is 0.280 e. The van der Waals surface area contributed by atoms with E-state index in [1.54, 1.807) is 6.07 Å². The Morgan fingerprint density at radius 3 is 2.62 bits per heavy atom. The maximum Gasteiger partial charge on any atom is 0.280 e. The van der Waals surface area contributed by atoms with Gasteiger partial charge in [-0.25, -0.2) is 13.8 Å². The zero-order chi connectivity index (χ0) is 9.47. The third kappa shape index (κ3) is 1.54. The third-order valence-electron chi connectivity index (χ3n) is 2.19. The Kier molecular flexibility index (Phi) is 1.80. The third-order valence-corrected chi connectivity index (χ3v) is 2.19. The van der Waals surface area contributed by atoms with E-state index in [1.165, 1.54) is 12.1 Å². The van der Waals surface area contributed by atoms with Gasteiger partial charge in [-0.05, 0) is 25.0 Å². The summed E-state index contributed by atoms with van der Waals surface area (Å²) in [5.74, 6) is 0. The minimum absolute atomic E-state index is 0.266. The molecule has 0 bridgehead atoms. The molecule has 0 atom stereocenters. The van der Waals surface area contributed by atoms with E-state index in [2.05, 4.69) is 4.98 Å². The molecule has 0 radical (unpaired) electrons. The number of alkyl halides is 2. The van der Waals surface area contributed by atoms with Gasteiger partial charge in [-0.1, -0.05) is 6.07 Å². The molecule has 0 saturated heterocycles. The molecule has 1 saturated carbocycles. The van der Waals surface area contributed by atoms with E-state index in [1.807, 2.05) is 0 Å². The summed E-state index contributed by atoms with van der Waals surface area (Å²) in [5, 5.41) is 9.60. The van der Waals surface area contributed by atoms with Crippen LogP contribution in [0.1, 0.15) is 30.7 Å². The first-order chi connectivity index (χ1) is 6.12.